The van der Waals surface area contributed by atoms with E-state index in [1.807, 2.05) is 0 Å². The van der Waals surface area contributed by atoms with Gasteiger partial charge in [-0.05, 0) is 32.9 Å². The molecule has 0 spiro atoms. The quantitative estimate of drug-likeness (QED) is 0.684. The zero-order chi connectivity index (χ0) is 19.9. The zero-order valence-electron chi connectivity index (χ0n) is 15.1. The summed E-state index contributed by atoms with van der Waals surface area (Å²) in [4.78, 5) is 18.8. The first-order chi connectivity index (χ1) is 13.4. The summed E-state index contributed by atoms with van der Waals surface area (Å²) in [5, 5.41) is 11.3. The predicted octanol–water partition coefficient (Wildman–Crippen LogP) is 2.03. The fourth-order valence-electron chi connectivity index (χ4n) is 3.36. The van der Waals surface area contributed by atoms with Gasteiger partial charge in [-0.25, -0.2) is 17.7 Å². The number of aromatic amines is 1. The minimum absolute atomic E-state index is 0.0385. The summed E-state index contributed by atoms with van der Waals surface area (Å²) >= 11 is 0. The lowest BCUT2D eigenvalue weighted by Crippen LogP contribution is -2.33. The Labute approximate surface area is 157 Å². The average Bonchev–Trinajstić information content (AvgIpc) is 3.34. The van der Waals surface area contributed by atoms with Crippen LogP contribution in [0.25, 0.3) is 17.0 Å². The maximum atomic E-state index is 13.2. The highest BCUT2D eigenvalue weighted by atomic mass is 19.3. The molecular weight excluding hydrogens is 377 g/mol. The van der Waals surface area contributed by atoms with Crippen LogP contribution in [0.5, 0.6) is 0 Å². The highest BCUT2D eigenvalue weighted by molar-refractivity contribution is 5.71. The first kappa shape index (κ1) is 18.7. The molecule has 8 nitrogen and oxygen atoms in total. The molecule has 3 aromatic rings. The third-order valence-electron chi connectivity index (χ3n) is 5.21. The highest BCUT2D eigenvalue weighted by Gasteiger charge is 2.43. The molecule has 1 unspecified atom stereocenters. The van der Waals surface area contributed by atoms with E-state index in [2.05, 4.69) is 25.5 Å². The Hall–Kier alpha value is -2.69. The molecule has 1 aliphatic rings. The Morgan fingerprint density at radius 2 is 2.14 bits per heavy atom. The van der Waals surface area contributed by atoms with Gasteiger partial charge in [0.1, 0.15) is 17.7 Å². The first-order valence-electron chi connectivity index (χ1n) is 8.94. The molecule has 0 saturated carbocycles. The fourth-order valence-corrected chi connectivity index (χ4v) is 3.36. The van der Waals surface area contributed by atoms with Gasteiger partial charge in [-0.3, -0.25) is 4.79 Å². The first-order valence-corrected chi connectivity index (χ1v) is 8.94. The summed E-state index contributed by atoms with van der Waals surface area (Å²) in [6.07, 6.45) is 0.146. The predicted molar refractivity (Wildman–Crippen MR) is 93.3 cm³/mol. The largest absolute Gasteiger partial charge is 0.338 e. The smallest absolute Gasteiger partial charge is 0.255 e. The molecule has 0 amide bonds. The second kappa shape index (κ2) is 7.04. The van der Waals surface area contributed by atoms with E-state index in [9.17, 15) is 18.0 Å². The Balaban J connectivity index is 1.79. The van der Waals surface area contributed by atoms with Gasteiger partial charge >= 0.3 is 0 Å². The number of piperidine rings is 1. The Kier molecular flexibility index (Phi) is 4.69. The highest BCUT2D eigenvalue weighted by Crippen LogP contribution is 2.32. The van der Waals surface area contributed by atoms with Gasteiger partial charge in [-0.15, -0.1) is 0 Å². The summed E-state index contributed by atoms with van der Waals surface area (Å²) < 4.78 is 46.2. The molecule has 0 aliphatic carbocycles. The number of fused-ring (bicyclic) bond motifs is 1. The van der Waals surface area contributed by atoms with Crippen molar-refractivity contribution in [3.05, 3.63) is 34.2 Å². The number of rotatable bonds is 5. The van der Waals surface area contributed by atoms with Crippen molar-refractivity contribution in [3.63, 3.8) is 0 Å². The second-order valence-electron chi connectivity index (χ2n) is 7.18. The van der Waals surface area contributed by atoms with Crippen LogP contribution in [0.3, 0.4) is 0 Å². The standard InChI is InChI=1S/C17H19F3N6O2/c1-17(8-18,15(19)20)16-24-13(25-28-16)10-7-22-26-11(6-12(27)23-14(10)26)9-2-4-21-5-3-9/h6-7,9,15,21H,2-5,8H2,1H3,(H,23,27). The van der Waals surface area contributed by atoms with Crippen molar-refractivity contribution in [2.24, 2.45) is 0 Å². The van der Waals surface area contributed by atoms with Gasteiger partial charge in [0.25, 0.3) is 12.0 Å². The molecule has 1 fully saturated rings. The van der Waals surface area contributed by atoms with Crippen molar-refractivity contribution in [1.29, 1.82) is 0 Å². The number of halogens is 3. The molecule has 4 heterocycles. The molecule has 2 N–H and O–H groups in total. The summed E-state index contributed by atoms with van der Waals surface area (Å²) in [5.41, 5.74) is -1.09. The van der Waals surface area contributed by atoms with Crippen LogP contribution in [0.4, 0.5) is 13.2 Å². The normalized spacial score (nSPS) is 18.0. The molecule has 28 heavy (non-hydrogen) atoms. The van der Waals surface area contributed by atoms with Gasteiger partial charge in [-0.2, -0.15) is 10.1 Å². The number of hydrogen-bond donors (Lipinski definition) is 2. The van der Waals surface area contributed by atoms with Crippen LogP contribution in [-0.4, -0.2) is 50.9 Å². The number of alkyl halides is 3. The Bertz CT molecular complexity index is 1040. The van der Waals surface area contributed by atoms with Gasteiger partial charge in [0.05, 0.1) is 17.5 Å². The lowest BCUT2D eigenvalue weighted by Gasteiger charge is -2.23. The SMILES string of the molecule is CC(CF)(c1nc(-c2cnn3c(C4CCNCC4)cc(=O)[nH]c23)no1)C(F)F. The molecular formula is C17H19F3N6O2. The molecule has 11 heteroatoms. The van der Waals surface area contributed by atoms with E-state index >= 15 is 0 Å². The summed E-state index contributed by atoms with van der Waals surface area (Å²) in [5.74, 6) is -0.382. The summed E-state index contributed by atoms with van der Waals surface area (Å²) in [6, 6.07) is 1.51. The van der Waals surface area contributed by atoms with Crippen LogP contribution in [0, 0.1) is 0 Å². The molecule has 4 rings (SSSR count). The lowest BCUT2D eigenvalue weighted by atomic mass is 9.93. The molecule has 0 bridgehead atoms. The van der Waals surface area contributed by atoms with E-state index in [0.29, 0.717) is 11.2 Å². The van der Waals surface area contributed by atoms with Gasteiger partial charge < -0.3 is 14.8 Å². The van der Waals surface area contributed by atoms with Crippen LogP contribution < -0.4 is 10.9 Å². The second-order valence-corrected chi connectivity index (χ2v) is 7.18. The van der Waals surface area contributed by atoms with Crippen molar-refractivity contribution in [1.82, 2.24) is 30.1 Å². The maximum Gasteiger partial charge on any atom is 0.255 e. The minimum atomic E-state index is -3.01. The molecule has 3 aromatic heterocycles. The van der Waals surface area contributed by atoms with Crippen molar-refractivity contribution in [3.8, 4) is 11.4 Å². The lowest BCUT2D eigenvalue weighted by molar-refractivity contribution is 0.0250. The number of nitrogens with zero attached hydrogens (tertiary/aromatic N) is 4. The minimum Gasteiger partial charge on any atom is -0.338 e. The molecule has 150 valence electrons. The summed E-state index contributed by atoms with van der Waals surface area (Å²) in [6.45, 7) is 1.35. The van der Waals surface area contributed by atoms with Crippen LogP contribution in [-0.2, 0) is 5.41 Å². The summed E-state index contributed by atoms with van der Waals surface area (Å²) in [7, 11) is 0. The number of nitrogens with one attached hydrogen (secondary N) is 2. The van der Waals surface area contributed by atoms with Gasteiger partial charge in [0, 0.05) is 12.0 Å². The third-order valence-corrected chi connectivity index (χ3v) is 5.21. The van der Waals surface area contributed by atoms with E-state index in [1.54, 1.807) is 4.52 Å². The third kappa shape index (κ3) is 2.99. The monoisotopic (exact) mass is 396 g/mol. The molecule has 1 saturated heterocycles. The number of aromatic nitrogens is 5. The van der Waals surface area contributed by atoms with E-state index in [1.165, 1.54) is 12.3 Å². The van der Waals surface area contributed by atoms with E-state index in [-0.39, 0.29) is 17.3 Å². The van der Waals surface area contributed by atoms with Gasteiger partial charge in [0.15, 0.2) is 0 Å². The topological polar surface area (TPSA) is 101 Å². The van der Waals surface area contributed by atoms with Crippen LogP contribution in [0.1, 0.15) is 37.3 Å². The van der Waals surface area contributed by atoms with Crippen molar-refractivity contribution in [2.45, 2.75) is 37.5 Å². The van der Waals surface area contributed by atoms with Crippen molar-refractivity contribution in [2.75, 3.05) is 19.8 Å². The molecule has 1 aliphatic heterocycles. The Morgan fingerprint density at radius 3 is 2.82 bits per heavy atom. The van der Waals surface area contributed by atoms with Crippen molar-refractivity contribution >= 4 is 5.65 Å². The van der Waals surface area contributed by atoms with Gasteiger partial charge in [0.2, 0.25) is 11.7 Å². The zero-order valence-corrected chi connectivity index (χ0v) is 15.1. The van der Waals surface area contributed by atoms with Crippen LogP contribution in [0.2, 0.25) is 0 Å². The van der Waals surface area contributed by atoms with E-state index < -0.39 is 24.4 Å². The van der Waals surface area contributed by atoms with Gasteiger partial charge in [-0.1, -0.05) is 5.16 Å². The van der Waals surface area contributed by atoms with E-state index in [4.69, 9.17) is 4.52 Å². The van der Waals surface area contributed by atoms with Crippen molar-refractivity contribution < 1.29 is 17.7 Å². The maximum absolute atomic E-state index is 13.2. The van der Waals surface area contributed by atoms with Crippen LogP contribution >= 0.6 is 0 Å². The van der Waals surface area contributed by atoms with Crippen LogP contribution in [0.15, 0.2) is 21.6 Å². The van der Waals surface area contributed by atoms with E-state index in [0.717, 1.165) is 38.5 Å². The molecule has 1 atom stereocenters. The fraction of sp³-hybridized carbons (Fsp3) is 0.529. The molecule has 0 radical (unpaired) electrons. The number of hydrogen-bond acceptors (Lipinski definition) is 6. The molecule has 0 aromatic carbocycles. The Morgan fingerprint density at radius 1 is 1.39 bits per heavy atom. The number of H-pyrrole nitrogens is 1. The average molecular weight is 396 g/mol.